The molecule has 0 fully saturated rings. The largest absolute Gasteiger partial charge is 0.505 e. The summed E-state index contributed by atoms with van der Waals surface area (Å²) in [5.74, 6) is -2.36. The van der Waals surface area contributed by atoms with Crippen molar-refractivity contribution in [2.75, 3.05) is 6.54 Å². The molecule has 1 heterocycles. The fraction of sp³-hybridized carbons (Fsp3) is 0.269. The molecule has 0 aliphatic carbocycles. The van der Waals surface area contributed by atoms with Crippen molar-refractivity contribution in [1.29, 1.82) is 0 Å². The van der Waals surface area contributed by atoms with Gasteiger partial charge in [0.25, 0.3) is 5.91 Å². The van der Waals surface area contributed by atoms with Gasteiger partial charge in [0.05, 0.1) is 10.7 Å². The van der Waals surface area contributed by atoms with Gasteiger partial charge in [-0.15, -0.1) is 0 Å². The van der Waals surface area contributed by atoms with Crippen molar-refractivity contribution in [2.24, 2.45) is 5.10 Å². The number of aliphatic hydroxyl groups excluding tert-OH is 1. The van der Waals surface area contributed by atoms with Gasteiger partial charge in [-0.05, 0) is 30.5 Å². The van der Waals surface area contributed by atoms with E-state index in [9.17, 15) is 14.7 Å². The van der Waals surface area contributed by atoms with Gasteiger partial charge in [-0.2, -0.15) is 5.10 Å². The molecule has 1 aliphatic rings. The van der Waals surface area contributed by atoms with Gasteiger partial charge in [-0.3, -0.25) is 9.59 Å². The molecule has 0 saturated heterocycles. The van der Waals surface area contributed by atoms with Crippen LogP contribution < -0.4 is 5.32 Å². The number of aliphatic hydroxyl groups is 1. The molecule has 2 aromatic rings. The number of carbonyl (C=O) groups is 2. The Morgan fingerprint density at radius 2 is 1.74 bits per heavy atom. The average Bonchev–Trinajstić information content (AvgIpc) is 2.81. The van der Waals surface area contributed by atoms with E-state index in [2.05, 4.69) is 24.3 Å². The van der Waals surface area contributed by atoms with Crippen molar-refractivity contribution in [3.63, 3.8) is 0 Å². The Bertz CT molecular complexity index is 1120. The van der Waals surface area contributed by atoms with E-state index >= 15 is 0 Å². The standard InChI is InChI=1S/C23H22ClN3O4.C3H8/c1-3-8-17-19-15(14-9-6-5-7-10-14)11-12-16(24)20(19)22(30)21(27(17)26-4-2)23(31)25-13-18(28)29;1-3-2/h4-12,30H,3,13H2,1-2H3,(H,25,31)(H,28,29);3H2,1-2H3/b17-8+,26-4-;. The summed E-state index contributed by atoms with van der Waals surface area (Å²) in [6.07, 6.45) is 5.24. The second-order valence-corrected chi connectivity index (χ2v) is 7.78. The molecule has 0 unspecified atom stereocenters. The first-order chi connectivity index (χ1) is 16.3. The number of carbonyl (C=O) groups excluding carboxylic acids is 1. The number of hydrogen-bond acceptors (Lipinski definition) is 5. The van der Waals surface area contributed by atoms with Gasteiger partial charge in [0, 0.05) is 17.3 Å². The third-order valence-electron chi connectivity index (χ3n) is 4.64. The summed E-state index contributed by atoms with van der Waals surface area (Å²) < 4.78 is 0. The monoisotopic (exact) mass is 483 g/mol. The van der Waals surface area contributed by atoms with E-state index < -0.39 is 18.4 Å². The first-order valence-electron chi connectivity index (χ1n) is 11.1. The van der Waals surface area contributed by atoms with E-state index in [0.717, 1.165) is 11.1 Å². The smallest absolute Gasteiger partial charge is 0.322 e. The molecule has 0 spiro atoms. The van der Waals surface area contributed by atoms with E-state index in [1.165, 1.54) is 17.6 Å². The van der Waals surface area contributed by atoms with E-state index in [4.69, 9.17) is 16.7 Å². The van der Waals surface area contributed by atoms with E-state index in [0.29, 0.717) is 23.2 Å². The first-order valence-corrected chi connectivity index (χ1v) is 11.5. The Morgan fingerprint density at radius 3 is 2.29 bits per heavy atom. The number of halogens is 1. The maximum Gasteiger partial charge on any atom is 0.322 e. The number of hydrogen-bond donors (Lipinski definition) is 3. The molecule has 0 bridgehead atoms. The van der Waals surface area contributed by atoms with Crippen LogP contribution in [0.2, 0.25) is 5.02 Å². The van der Waals surface area contributed by atoms with Crippen molar-refractivity contribution in [2.45, 2.75) is 40.5 Å². The Balaban J connectivity index is 0.00000129. The molecule has 0 atom stereocenters. The number of nitrogens with zero attached hydrogens (tertiary/aromatic N) is 2. The molecule has 0 aromatic heterocycles. The number of benzene rings is 2. The van der Waals surface area contributed by atoms with Crippen LogP contribution in [0.15, 0.2) is 59.3 Å². The number of rotatable bonds is 6. The van der Waals surface area contributed by atoms with Crippen molar-refractivity contribution < 1.29 is 19.8 Å². The second-order valence-electron chi connectivity index (χ2n) is 7.37. The molecule has 1 aliphatic heterocycles. The van der Waals surface area contributed by atoms with Crippen molar-refractivity contribution in [3.05, 3.63) is 70.4 Å². The summed E-state index contributed by atoms with van der Waals surface area (Å²) in [5, 5.41) is 28.2. The normalized spacial score (nSPS) is 14.0. The van der Waals surface area contributed by atoms with Crippen molar-refractivity contribution in [1.82, 2.24) is 10.3 Å². The lowest BCUT2D eigenvalue weighted by Crippen LogP contribution is -2.37. The van der Waals surface area contributed by atoms with E-state index in [1.54, 1.807) is 13.0 Å². The van der Waals surface area contributed by atoms with Crippen LogP contribution in [0.3, 0.4) is 0 Å². The Hall–Kier alpha value is -3.58. The van der Waals surface area contributed by atoms with Crippen LogP contribution in [0.4, 0.5) is 0 Å². The van der Waals surface area contributed by atoms with Gasteiger partial charge in [0.2, 0.25) is 0 Å². The minimum Gasteiger partial charge on any atom is -0.505 e. The summed E-state index contributed by atoms with van der Waals surface area (Å²) >= 11 is 6.48. The lowest BCUT2D eigenvalue weighted by atomic mass is 9.88. The third-order valence-corrected chi connectivity index (χ3v) is 4.96. The molecular weight excluding hydrogens is 454 g/mol. The maximum absolute atomic E-state index is 12.8. The molecule has 7 nitrogen and oxygen atoms in total. The van der Waals surface area contributed by atoms with Gasteiger partial charge >= 0.3 is 5.97 Å². The van der Waals surface area contributed by atoms with Crippen molar-refractivity contribution in [3.8, 4) is 11.1 Å². The number of amides is 1. The van der Waals surface area contributed by atoms with E-state index in [-0.39, 0.29) is 16.5 Å². The van der Waals surface area contributed by atoms with Gasteiger partial charge in [-0.1, -0.05) is 81.3 Å². The highest BCUT2D eigenvalue weighted by molar-refractivity contribution is 6.33. The Morgan fingerprint density at radius 1 is 1.09 bits per heavy atom. The minimum absolute atomic E-state index is 0.196. The molecular formula is C26H30ClN3O4. The highest BCUT2D eigenvalue weighted by atomic mass is 35.5. The van der Waals surface area contributed by atoms with Crippen LogP contribution in [0.1, 0.15) is 51.7 Å². The molecule has 1 amide bonds. The Kier molecular flexibility index (Phi) is 9.89. The number of carboxylic acids is 1. The predicted molar refractivity (Wildman–Crippen MR) is 137 cm³/mol. The molecule has 8 heteroatoms. The highest BCUT2D eigenvalue weighted by Gasteiger charge is 2.36. The quantitative estimate of drug-likeness (QED) is 0.442. The highest BCUT2D eigenvalue weighted by Crippen LogP contribution is 2.45. The van der Waals surface area contributed by atoms with Gasteiger partial charge in [0.1, 0.15) is 6.54 Å². The lowest BCUT2D eigenvalue weighted by molar-refractivity contribution is -0.137. The summed E-state index contributed by atoms with van der Waals surface area (Å²) in [6.45, 7) is 7.27. The molecule has 0 saturated carbocycles. The summed E-state index contributed by atoms with van der Waals surface area (Å²) in [6, 6.07) is 13.1. The SMILES string of the molecule is C/C=N\N1C(C(=O)NCC(=O)O)=C(O)c2c(Cl)ccc(-c3ccccc3)c2/C1=C\CC.CCC. The summed E-state index contributed by atoms with van der Waals surface area (Å²) in [4.78, 5) is 23.8. The summed E-state index contributed by atoms with van der Waals surface area (Å²) in [5.41, 5.74) is 3.02. The zero-order valence-corrected chi connectivity index (χ0v) is 20.6. The van der Waals surface area contributed by atoms with Gasteiger partial charge in [0.15, 0.2) is 11.5 Å². The topological polar surface area (TPSA) is 102 Å². The second kappa shape index (κ2) is 12.6. The molecule has 0 radical (unpaired) electrons. The third kappa shape index (κ3) is 5.85. The minimum atomic E-state index is -1.20. The Labute approximate surface area is 205 Å². The molecule has 34 heavy (non-hydrogen) atoms. The van der Waals surface area contributed by atoms with Crippen LogP contribution in [0, 0.1) is 0 Å². The number of nitrogens with one attached hydrogen (secondary N) is 1. The predicted octanol–water partition coefficient (Wildman–Crippen LogP) is 5.92. The van der Waals surface area contributed by atoms with Crippen LogP contribution in [0.5, 0.6) is 0 Å². The zero-order valence-electron chi connectivity index (χ0n) is 19.8. The van der Waals surface area contributed by atoms with Crippen LogP contribution in [-0.4, -0.2) is 39.9 Å². The number of allylic oxidation sites excluding steroid dienone is 1. The van der Waals surface area contributed by atoms with E-state index in [1.807, 2.05) is 49.4 Å². The zero-order chi connectivity index (χ0) is 25.3. The maximum atomic E-state index is 12.8. The number of aliphatic carboxylic acids is 1. The molecule has 180 valence electrons. The van der Waals surface area contributed by atoms with Crippen LogP contribution in [0.25, 0.3) is 22.6 Å². The van der Waals surface area contributed by atoms with Crippen LogP contribution >= 0.6 is 11.6 Å². The lowest BCUT2D eigenvalue weighted by Gasteiger charge is -2.32. The molecule has 3 rings (SSSR count). The van der Waals surface area contributed by atoms with Gasteiger partial charge in [-0.25, -0.2) is 5.01 Å². The molecule has 3 N–H and O–H groups in total. The first kappa shape index (κ1) is 26.7. The van der Waals surface area contributed by atoms with Gasteiger partial charge < -0.3 is 15.5 Å². The number of fused-ring (bicyclic) bond motifs is 1. The van der Waals surface area contributed by atoms with Crippen molar-refractivity contribution >= 4 is 41.1 Å². The summed E-state index contributed by atoms with van der Waals surface area (Å²) in [7, 11) is 0. The number of hydrazone groups is 1. The fourth-order valence-electron chi connectivity index (χ4n) is 3.44. The average molecular weight is 484 g/mol. The van der Waals surface area contributed by atoms with Crippen LogP contribution in [-0.2, 0) is 9.59 Å². The fourth-order valence-corrected chi connectivity index (χ4v) is 3.69. The number of carboxylic acid groups (broad SMARTS) is 1. The molecule has 2 aromatic carbocycles.